The predicted molar refractivity (Wildman–Crippen MR) is 158 cm³/mol. The number of ether oxygens (including phenoxy) is 1. The number of allylic oxidation sites excluding steroid dienone is 3. The molecule has 9 aliphatic carbocycles. The zero-order valence-electron chi connectivity index (χ0n) is 23.2. The fourth-order valence-corrected chi connectivity index (χ4v) is 15.2. The monoisotopic (exact) mass is 649 g/mol. The highest BCUT2D eigenvalue weighted by Crippen LogP contribution is 2.71. The minimum atomic E-state index is 0.0139. The molecule has 0 aromatic heterocycles. The van der Waals surface area contributed by atoms with Crippen LogP contribution >= 0.6 is 22.6 Å². The summed E-state index contributed by atoms with van der Waals surface area (Å²) in [6.07, 6.45) is 20.7. The van der Waals surface area contributed by atoms with Crippen molar-refractivity contribution in [2.75, 3.05) is 6.54 Å². The van der Waals surface area contributed by atoms with E-state index < -0.39 is 0 Å². The summed E-state index contributed by atoms with van der Waals surface area (Å²) in [5, 5.41) is 0. The van der Waals surface area contributed by atoms with Crippen molar-refractivity contribution in [3.63, 3.8) is 0 Å². The van der Waals surface area contributed by atoms with Gasteiger partial charge in [-0.25, -0.2) is 0 Å². The van der Waals surface area contributed by atoms with Crippen LogP contribution in [0.25, 0.3) is 0 Å². The van der Waals surface area contributed by atoms with E-state index in [9.17, 15) is 9.59 Å². The third-order valence-electron chi connectivity index (χ3n) is 15.3. The Bertz CT molecular complexity index is 1350. The first-order valence-electron chi connectivity index (χ1n) is 16.8. The summed E-state index contributed by atoms with van der Waals surface area (Å²) >= 11 is 2.24. The first-order valence-corrected chi connectivity index (χ1v) is 17.9. The molecule has 1 saturated heterocycles. The number of carbonyl (C=O) groups excluding carboxylic acids is 2. The van der Waals surface area contributed by atoms with Crippen LogP contribution < -0.4 is 0 Å². The molecule has 0 aromatic rings. The highest BCUT2D eigenvalue weighted by Gasteiger charge is 2.65. The predicted octanol–water partition coefficient (Wildman–Crippen LogP) is 6.17. The van der Waals surface area contributed by atoms with Crippen LogP contribution in [0.1, 0.15) is 57.8 Å². The molecule has 8 fully saturated rings. The molecule has 0 spiro atoms. The van der Waals surface area contributed by atoms with Gasteiger partial charge in [0.15, 0.2) is 0 Å². The maximum absolute atomic E-state index is 14.1. The molecule has 17 unspecified atom stereocenters. The van der Waals surface area contributed by atoms with Gasteiger partial charge in [0.1, 0.15) is 0 Å². The van der Waals surface area contributed by atoms with Gasteiger partial charge in [0.25, 0.3) is 11.8 Å². The Morgan fingerprint density at radius 3 is 2.38 bits per heavy atom. The zero-order chi connectivity index (χ0) is 26.2. The number of hydrogen-bond donors (Lipinski definition) is 0. The number of imide groups is 1. The Labute approximate surface area is 250 Å². The lowest BCUT2D eigenvalue weighted by atomic mass is 9.62. The topological polar surface area (TPSA) is 49.9 Å². The van der Waals surface area contributed by atoms with Crippen molar-refractivity contribution in [3.8, 4) is 0 Å². The molecule has 2 amide bonds. The molecule has 8 bridgehead atoms. The van der Waals surface area contributed by atoms with E-state index in [0.717, 1.165) is 80.2 Å². The number of fused-ring (bicyclic) bond motifs is 19. The van der Waals surface area contributed by atoms with Crippen molar-refractivity contribution in [1.29, 1.82) is 0 Å². The number of rotatable bonds is 4. The van der Waals surface area contributed by atoms with Crippen LogP contribution in [0.3, 0.4) is 0 Å². The maximum atomic E-state index is 14.1. The van der Waals surface area contributed by atoms with Gasteiger partial charge in [-0.2, -0.15) is 0 Å². The molecular weight excluding hydrogens is 609 g/mol. The lowest BCUT2D eigenvalue weighted by Gasteiger charge is -2.42. The Hall–Kier alpha value is -0.950. The van der Waals surface area contributed by atoms with Gasteiger partial charge in [0.05, 0.1) is 21.4 Å². The standard InChI is InChI=1S/C35H40INO3/c36-33-32(34(38)37(35(33)39)13-20-6-17-8-22(20)30-16-2-1-15(5-16)28(17)30)25-11-19-10-24(25)31-23-9-18(29(19)31)7-21(23)14-3-4-26-27(12-14)40-26/h1-2,11,14-24,26-31H,3-10,12-13H2. The van der Waals surface area contributed by atoms with Gasteiger partial charge in [-0.15, -0.1) is 0 Å². The number of hydrogen-bond acceptors (Lipinski definition) is 3. The van der Waals surface area contributed by atoms with Gasteiger partial charge in [-0.3, -0.25) is 14.5 Å². The van der Waals surface area contributed by atoms with E-state index in [0.29, 0.717) is 36.5 Å². The molecule has 7 saturated carbocycles. The van der Waals surface area contributed by atoms with Crippen LogP contribution in [0.4, 0.5) is 0 Å². The van der Waals surface area contributed by atoms with Gasteiger partial charge in [-0.05, 0) is 175 Å². The number of amides is 2. The minimum Gasteiger partial charge on any atom is -0.370 e. The average molecular weight is 650 g/mol. The zero-order valence-corrected chi connectivity index (χ0v) is 25.3. The quantitative estimate of drug-likeness (QED) is 0.120. The van der Waals surface area contributed by atoms with Gasteiger partial charge in [0.2, 0.25) is 0 Å². The van der Waals surface area contributed by atoms with Crippen LogP contribution in [0.15, 0.2) is 33.0 Å². The third kappa shape index (κ3) is 2.80. The molecule has 4 nitrogen and oxygen atoms in total. The Morgan fingerprint density at radius 2 is 1.50 bits per heavy atom. The molecule has 0 N–H and O–H groups in total. The molecule has 2 aliphatic heterocycles. The first-order chi connectivity index (χ1) is 19.5. The molecule has 2 heterocycles. The Kier molecular flexibility index (Phi) is 4.56. The van der Waals surface area contributed by atoms with Crippen LogP contribution in [0.5, 0.6) is 0 Å². The summed E-state index contributed by atoms with van der Waals surface area (Å²) in [5.74, 6) is 11.7. The van der Waals surface area contributed by atoms with Gasteiger partial charge in [-0.1, -0.05) is 18.2 Å². The van der Waals surface area contributed by atoms with E-state index in [1.165, 1.54) is 63.4 Å². The first kappa shape index (κ1) is 23.5. The van der Waals surface area contributed by atoms with E-state index in [1.54, 1.807) is 4.90 Å². The second-order valence-electron chi connectivity index (χ2n) is 16.3. The summed E-state index contributed by atoms with van der Waals surface area (Å²) in [6, 6.07) is 0. The van der Waals surface area contributed by atoms with Crippen LogP contribution in [-0.4, -0.2) is 35.5 Å². The Morgan fingerprint density at radius 1 is 0.725 bits per heavy atom. The number of halogens is 1. The second-order valence-corrected chi connectivity index (χ2v) is 17.4. The maximum Gasteiger partial charge on any atom is 0.267 e. The molecule has 40 heavy (non-hydrogen) atoms. The summed E-state index contributed by atoms with van der Waals surface area (Å²) in [6.45, 7) is 0.672. The highest BCUT2D eigenvalue weighted by atomic mass is 127. The van der Waals surface area contributed by atoms with E-state index in [-0.39, 0.29) is 11.8 Å². The van der Waals surface area contributed by atoms with Gasteiger partial charge < -0.3 is 4.74 Å². The third-order valence-corrected chi connectivity index (χ3v) is 16.3. The number of carbonyl (C=O) groups is 2. The second kappa shape index (κ2) is 7.76. The summed E-state index contributed by atoms with van der Waals surface area (Å²) in [7, 11) is 0. The molecule has 11 aliphatic rings. The largest absolute Gasteiger partial charge is 0.370 e. The highest BCUT2D eigenvalue weighted by molar-refractivity contribution is 14.1. The van der Waals surface area contributed by atoms with Crippen LogP contribution in [-0.2, 0) is 14.3 Å². The van der Waals surface area contributed by atoms with Crippen molar-refractivity contribution in [3.05, 3.63) is 33.0 Å². The SMILES string of the molecule is O=C1C(I)=C(C2=CC3CC2C2C4CC(CC4C4CCC5OC5C4)C32)C(=O)N1CC1CC2CC1C1C3C=CC(C3)C21. The molecule has 0 aromatic carbocycles. The molecule has 11 rings (SSSR count). The van der Waals surface area contributed by atoms with E-state index in [1.807, 2.05) is 0 Å². The number of epoxide rings is 1. The van der Waals surface area contributed by atoms with E-state index in [2.05, 4.69) is 40.8 Å². The number of nitrogens with zero attached hydrogens (tertiary/aromatic N) is 1. The van der Waals surface area contributed by atoms with Crippen molar-refractivity contribution < 1.29 is 14.3 Å². The Balaban J connectivity index is 0.842. The lowest BCUT2D eigenvalue weighted by molar-refractivity contribution is -0.138. The molecular formula is C35H40INO3. The fourth-order valence-electron chi connectivity index (χ4n) is 14.4. The van der Waals surface area contributed by atoms with Crippen molar-refractivity contribution in [2.24, 2.45) is 88.8 Å². The van der Waals surface area contributed by atoms with Crippen molar-refractivity contribution in [1.82, 2.24) is 4.90 Å². The average Bonchev–Trinajstić information content (AvgIpc) is 3.74. The summed E-state index contributed by atoms with van der Waals surface area (Å²) < 4.78 is 6.64. The fraction of sp³-hybridized carbons (Fsp3) is 0.771. The summed E-state index contributed by atoms with van der Waals surface area (Å²) in [4.78, 5) is 29.5. The molecule has 210 valence electrons. The minimum absolute atomic E-state index is 0.0139. The molecule has 0 radical (unpaired) electrons. The van der Waals surface area contributed by atoms with E-state index >= 15 is 0 Å². The van der Waals surface area contributed by atoms with E-state index in [4.69, 9.17) is 4.74 Å². The smallest absolute Gasteiger partial charge is 0.267 e. The summed E-state index contributed by atoms with van der Waals surface area (Å²) in [5.41, 5.74) is 2.12. The molecule has 5 heteroatoms. The van der Waals surface area contributed by atoms with Crippen LogP contribution in [0.2, 0.25) is 0 Å². The molecule has 17 atom stereocenters. The van der Waals surface area contributed by atoms with Crippen LogP contribution in [0, 0.1) is 88.8 Å². The van der Waals surface area contributed by atoms with Gasteiger partial charge >= 0.3 is 0 Å². The van der Waals surface area contributed by atoms with Crippen molar-refractivity contribution >= 4 is 34.4 Å². The lowest BCUT2D eigenvalue weighted by Crippen LogP contribution is -2.41. The van der Waals surface area contributed by atoms with Gasteiger partial charge in [0, 0.05) is 6.54 Å². The van der Waals surface area contributed by atoms with Crippen molar-refractivity contribution in [2.45, 2.75) is 70.0 Å². The normalized spacial score (nSPS) is 59.0.